The minimum absolute atomic E-state index is 0. The van der Waals surface area contributed by atoms with Gasteiger partial charge in [0, 0.05) is 5.56 Å². The minimum Gasteiger partial charge on any atom is -0.508 e. The Kier molecular flexibility index (Phi) is 4.16. The Morgan fingerprint density at radius 3 is 2.75 bits per heavy atom. The van der Waals surface area contributed by atoms with Gasteiger partial charge in [0.25, 0.3) is 0 Å². The van der Waals surface area contributed by atoms with Crippen molar-refractivity contribution in [3.8, 4) is 5.75 Å². The zero-order chi connectivity index (χ0) is 10.9. The molecule has 1 heterocycles. The summed E-state index contributed by atoms with van der Waals surface area (Å²) in [5.74, 6) is 0.164. The second-order valence-corrected chi connectivity index (χ2v) is 4.26. The number of piperidine rings is 1. The van der Waals surface area contributed by atoms with Gasteiger partial charge in [0.05, 0.1) is 5.54 Å². The number of para-hydroxylation sites is 1. The average Bonchev–Trinajstić information content (AvgIpc) is 2.23. The van der Waals surface area contributed by atoms with Crippen molar-refractivity contribution in [2.45, 2.75) is 31.5 Å². The molecule has 0 amide bonds. The van der Waals surface area contributed by atoms with Crippen molar-refractivity contribution in [2.75, 3.05) is 6.54 Å². The van der Waals surface area contributed by atoms with Gasteiger partial charge in [-0.3, -0.25) is 0 Å². The maximum Gasteiger partial charge on any atom is 0.122 e. The molecule has 0 aliphatic carbocycles. The number of alkyl halides is 1. The van der Waals surface area contributed by atoms with E-state index in [-0.39, 0.29) is 18.2 Å². The molecule has 2 N–H and O–H groups in total. The van der Waals surface area contributed by atoms with Crippen molar-refractivity contribution in [2.24, 2.45) is 0 Å². The van der Waals surface area contributed by atoms with E-state index in [4.69, 9.17) is 0 Å². The van der Waals surface area contributed by atoms with E-state index < -0.39 is 11.7 Å². The van der Waals surface area contributed by atoms with Gasteiger partial charge in [-0.05, 0) is 32.4 Å². The first-order valence-electron chi connectivity index (χ1n) is 5.32. The van der Waals surface area contributed by atoms with Gasteiger partial charge >= 0.3 is 0 Å². The summed E-state index contributed by atoms with van der Waals surface area (Å²) in [4.78, 5) is 0. The van der Waals surface area contributed by atoms with Crippen LogP contribution in [0.15, 0.2) is 24.3 Å². The molecule has 1 aliphatic rings. The van der Waals surface area contributed by atoms with Crippen LogP contribution in [0.1, 0.15) is 25.3 Å². The first-order valence-corrected chi connectivity index (χ1v) is 5.32. The lowest BCUT2D eigenvalue weighted by Gasteiger charge is -2.38. The number of hydrogen-bond donors (Lipinski definition) is 2. The van der Waals surface area contributed by atoms with Gasteiger partial charge in [0.2, 0.25) is 0 Å². The van der Waals surface area contributed by atoms with Gasteiger partial charge < -0.3 is 10.4 Å². The highest BCUT2D eigenvalue weighted by atomic mass is 35.5. The Balaban J connectivity index is 0.00000128. The molecule has 16 heavy (non-hydrogen) atoms. The monoisotopic (exact) mass is 245 g/mol. The van der Waals surface area contributed by atoms with Crippen LogP contribution in [0.2, 0.25) is 0 Å². The lowest BCUT2D eigenvalue weighted by atomic mass is 9.82. The fourth-order valence-corrected chi connectivity index (χ4v) is 2.21. The number of aromatic hydroxyl groups is 1. The van der Waals surface area contributed by atoms with Gasteiger partial charge in [-0.1, -0.05) is 18.2 Å². The van der Waals surface area contributed by atoms with E-state index in [2.05, 4.69) is 5.32 Å². The normalized spacial score (nSPS) is 29.5. The molecule has 0 radical (unpaired) electrons. The summed E-state index contributed by atoms with van der Waals surface area (Å²) in [5, 5.41) is 12.9. The standard InChI is InChI=1S/C12H16FNO.ClH/c1-12(11(13)7-4-8-14-12)9-5-2-3-6-10(9)15;/h2-3,5-6,11,14-15H,4,7-8H2,1H3;1H. The molecule has 0 bridgehead atoms. The second kappa shape index (κ2) is 5.02. The van der Waals surface area contributed by atoms with E-state index in [0.29, 0.717) is 12.0 Å². The molecule has 1 aromatic rings. The number of rotatable bonds is 1. The predicted octanol–water partition coefficient (Wildman–Crippen LogP) is 2.75. The summed E-state index contributed by atoms with van der Waals surface area (Å²) in [7, 11) is 0. The summed E-state index contributed by atoms with van der Waals surface area (Å²) in [5.41, 5.74) is -0.0962. The van der Waals surface area contributed by atoms with Crippen molar-refractivity contribution >= 4 is 12.4 Å². The number of phenolic OH excluding ortho intramolecular Hbond substituents is 1. The second-order valence-electron chi connectivity index (χ2n) is 4.26. The third-order valence-corrected chi connectivity index (χ3v) is 3.22. The van der Waals surface area contributed by atoms with Crippen LogP contribution in [0.5, 0.6) is 5.75 Å². The van der Waals surface area contributed by atoms with Crippen LogP contribution >= 0.6 is 12.4 Å². The summed E-state index contributed by atoms with van der Waals surface area (Å²) in [6.07, 6.45) is 0.460. The highest BCUT2D eigenvalue weighted by Crippen LogP contribution is 2.36. The molecular formula is C12H17ClFNO. The highest BCUT2D eigenvalue weighted by Gasteiger charge is 2.39. The fourth-order valence-electron chi connectivity index (χ4n) is 2.21. The highest BCUT2D eigenvalue weighted by molar-refractivity contribution is 5.85. The maximum atomic E-state index is 13.9. The van der Waals surface area contributed by atoms with E-state index in [1.54, 1.807) is 18.2 Å². The first-order chi connectivity index (χ1) is 7.14. The molecule has 2 rings (SSSR count). The molecule has 0 saturated carbocycles. The molecule has 4 heteroatoms. The summed E-state index contributed by atoms with van der Waals surface area (Å²) in [6, 6.07) is 6.95. The van der Waals surface area contributed by atoms with Gasteiger partial charge in [-0.15, -0.1) is 12.4 Å². The van der Waals surface area contributed by atoms with E-state index in [0.717, 1.165) is 13.0 Å². The molecule has 1 fully saturated rings. The number of nitrogens with one attached hydrogen (secondary N) is 1. The van der Waals surface area contributed by atoms with Gasteiger partial charge in [0.15, 0.2) is 0 Å². The summed E-state index contributed by atoms with van der Waals surface area (Å²) in [6.45, 7) is 2.61. The molecule has 2 unspecified atom stereocenters. The molecule has 2 nitrogen and oxygen atoms in total. The smallest absolute Gasteiger partial charge is 0.122 e. The van der Waals surface area contributed by atoms with E-state index in [1.807, 2.05) is 13.0 Å². The maximum absolute atomic E-state index is 13.9. The van der Waals surface area contributed by atoms with E-state index in [1.165, 1.54) is 0 Å². The minimum atomic E-state index is -0.945. The number of hydrogen-bond acceptors (Lipinski definition) is 2. The molecule has 0 aromatic heterocycles. The van der Waals surface area contributed by atoms with Gasteiger partial charge in [-0.25, -0.2) is 4.39 Å². The molecule has 90 valence electrons. The van der Waals surface area contributed by atoms with Crippen molar-refractivity contribution in [3.63, 3.8) is 0 Å². The third kappa shape index (κ3) is 2.15. The van der Waals surface area contributed by atoms with Crippen LogP contribution in [0.25, 0.3) is 0 Å². The van der Waals surface area contributed by atoms with Crippen molar-refractivity contribution in [3.05, 3.63) is 29.8 Å². The van der Waals surface area contributed by atoms with Crippen molar-refractivity contribution in [1.29, 1.82) is 0 Å². The lowest BCUT2D eigenvalue weighted by Crippen LogP contribution is -2.51. The average molecular weight is 246 g/mol. The van der Waals surface area contributed by atoms with Crippen LogP contribution in [-0.4, -0.2) is 17.8 Å². The Morgan fingerprint density at radius 1 is 1.44 bits per heavy atom. The van der Waals surface area contributed by atoms with Crippen molar-refractivity contribution < 1.29 is 9.50 Å². The predicted molar refractivity (Wildman–Crippen MR) is 64.8 cm³/mol. The van der Waals surface area contributed by atoms with Crippen LogP contribution in [0.4, 0.5) is 4.39 Å². The molecule has 2 atom stereocenters. The van der Waals surface area contributed by atoms with Crippen LogP contribution in [0, 0.1) is 0 Å². The Morgan fingerprint density at radius 2 is 2.12 bits per heavy atom. The number of benzene rings is 1. The summed E-state index contributed by atoms with van der Waals surface area (Å²) < 4.78 is 13.9. The molecule has 1 saturated heterocycles. The van der Waals surface area contributed by atoms with Gasteiger partial charge in [-0.2, -0.15) is 0 Å². The Hall–Kier alpha value is -0.800. The number of halogens is 2. The zero-order valence-electron chi connectivity index (χ0n) is 9.24. The SMILES string of the molecule is CC1(c2ccccc2O)NCCCC1F.Cl. The largest absolute Gasteiger partial charge is 0.508 e. The van der Waals surface area contributed by atoms with Crippen molar-refractivity contribution in [1.82, 2.24) is 5.32 Å². The molecule has 0 spiro atoms. The summed E-state index contributed by atoms with van der Waals surface area (Å²) >= 11 is 0. The Bertz CT molecular complexity index is 361. The Labute approximate surface area is 101 Å². The van der Waals surface area contributed by atoms with Crippen LogP contribution in [-0.2, 0) is 5.54 Å². The first kappa shape index (κ1) is 13.3. The topological polar surface area (TPSA) is 32.3 Å². The molecule has 1 aliphatic heterocycles. The van der Waals surface area contributed by atoms with E-state index in [9.17, 15) is 9.50 Å². The zero-order valence-corrected chi connectivity index (χ0v) is 10.1. The number of phenols is 1. The quantitative estimate of drug-likeness (QED) is 0.798. The lowest BCUT2D eigenvalue weighted by molar-refractivity contribution is 0.118. The third-order valence-electron chi connectivity index (χ3n) is 3.22. The van der Waals surface area contributed by atoms with Crippen LogP contribution < -0.4 is 5.32 Å². The molecule has 1 aromatic carbocycles. The fraction of sp³-hybridized carbons (Fsp3) is 0.500. The molecular weight excluding hydrogens is 229 g/mol. The van der Waals surface area contributed by atoms with E-state index >= 15 is 0 Å². The van der Waals surface area contributed by atoms with Gasteiger partial charge in [0.1, 0.15) is 11.9 Å². The van der Waals surface area contributed by atoms with Crippen LogP contribution in [0.3, 0.4) is 0 Å².